The Morgan fingerprint density at radius 2 is 1.87 bits per heavy atom. The van der Waals surface area contributed by atoms with Crippen LogP contribution in [0, 0.1) is 0 Å². The molecule has 2 aromatic rings. The molecule has 4 heteroatoms. The minimum atomic E-state index is -1.10. The molecule has 2 rings (SSSR count). The fourth-order valence-corrected chi connectivity index (χ4v) is 1.64. The van der Waals surface area contributed by atoms with Gasteiger partial charge in [0, 0.05) is 11.1 Å². The van der Waals surface area contributed by atoms with Crippen molar-refractivity contribution in [1.29, 1.82) is 0 Å². The van der Waals surface area contributed by atoms with E-state index < -0.39 is 5.97 Å². The standard InChI is InChI=1S/C11H10N2O2/c12-8-5-6-3-1-2-4-7(6)10(13)9(8)11(14)15/h1-5H,12-13H2,(H,14,15). The molecule has 0 radical (unpaired) electrons. The highest BCUT2D eigenvalue weighted by Crippen LogP contribution is 2.29. The van der Waals surface area contributed by atoms with Crippen LogP contribution in [-0.2, 0) is 0 Å². The van der Waals surface area contributed by atoms with Gasteiger partial charge in [0.25, 0.3) is 0 Å². The van der Waals surface area contributed by atoms with E-state index in [1.165, 1.54) is 0 Å². The van der Waals surface area contributed by atoms with Crippen LogP contribution in [0.1, 0.15) is 10.4 Å². The first kappa shape index (κ1) is 9.33. The van der Waals surface area contributed by atoms with Crippen molar-refractivity contribution in [2.75, 3.05) is 11.5 Å². The number of carboxylic acid groups (broad SMARTS) is 1. The first-order valence-corrected chi connectivity index (χ1v) is 4.41. The minimum Gasteiger partial charge on any atom is -0.478 e. The molecule has 0 amide bonds. The third-order valence-electron chi connectivity index (χ3n) is 2.33. The highest BCUT2D eigenvalue weighted by Gasteiger charge is 2.14. The maximum atomic E-state index is 10.9. The molecule has 0 spiro atoms. The number of benzene rings is 2. The first-order valence-electron chi connectivity index (χ1n) is 4.41. The molecule has 0 saturated carbocycles. The lowest BCUT2D eigenvalue weighted by molar-refractivity contribution is 0.0699. The Hall–Kier alpha value is -2.23. The van der Waals surface area contributed by atoms with E-state index in [4.69, 9.17) is 16.6 Å². The molecule has 0 heterocycles. The molecule has 5 N–H and O–H groups in total. The summed E-state index contributed by atoms with van der Waals surface area (Å²) in [6.07, 6.45) is 0. The summed E-state index contributed by atoms with van der Waals surface area (Å²) in [4.78, 5) is 10.9. The van der Waals surface area contributed by atoms with Gasteiger partial charge in [-0.2, -0.15) is 0 Å². The van der Waals surface area contributed by atoms with Gasteiger partial charge in [0.2, 0.25) is 0 Å². The third kappa shape index (κ3) is 1.36. The van der Waals surface area contributed by atoms with Gasteiger partial charge < -0.3 is 16.6 Å². The van der Waals surface area contributed by atoms with Crippen LogP contribution in [-0.4, -0.2) is 11.1 Å². The number of aromatic carboxylic acids is 1. The van der Waals surface area contributed by atoms with Gasteiger partial charge in [0.05, 0.1) is 5.69 Å². The average Bonchev–Trinajstić information content (AvgIpc) is 2.17. The molecule has 0 bridgehead atoms. The van der Waals surface area contributed by atoms with Gasteiger partial charge in [0.1, 0.15) is 5.56 Å². The smallest absolute Gasteiger partial charge is 0.339 e. The topological polar surface area (TPSA) is 89.3 Å². The summed E-state index contributed by atoms with van der Waals surface area (Å²) in [5, 5.41) is 10.5. The number of carbonyl (C=O) groups is 1. The highest BCUT2D eigenvalue weighted by molar-refractivity contribution is 6.09. The zero-order valence-corrected chi connectivity index (χ0v) is 7.90. The van der Waals surface area contributed by atoms with Gasteiger partial charge in [-0.15, -0.1) is 0 Å². The summed E-state index contributed by atoms with van der Waals surface area (Å²) < 4.78 is 0. The second-order valence-corrected chi connectivity index (χ2v) is 3.28. The monoisotopic (exact) mass is 202 g/mol. The molecule has 0 aromatic heterocycles. The first-order chi connectivity index (χ1) is 7.11. The van der Waals surface area contributed by atoms with Crippen LogP contribution >= 0.6 is 0 Å². The number of hydrogen-bond donors (Lipinski definition) is 3. The predicted molar refractivity (Wildman–Crippen MR) is 59.7 cm³/mol. The number of anilines is 2. The summed E-state index contributed by atoms with van der Waals surface area (Å²) in [7, 11) is 0. The van der Waals surface area contributed by atoms with Crippen molar-refractivity contribution >= 4 is 28.1 Å². The maximum absolute atomic E-state index is 10.9. The van der Waals surface area contributed by atoms with Crippen molar-refractivity contribution in [3.63, 3.8) is 0 Å². The number of hydrogen-bond acceptors (Lipinski definition) is 3. The summed E-state index contributed by atoms with van der Waals surface area (Å²) >= 11 is 0. The summed E-state index contributed by atoms with van der Waals surface area (Å²) in [5.74, 6) is -1.10. The summed E-state index contributed by atoms with van der Waals surface area (Å²) in [5.41, 5.74) is 11.8. The summed E-state index contributed by atoms with van der Waals surface area (Å²) in [6.45, 7) is 0. The van der Waals surface area contributed by atoms with Gasteiger partial charge in [-0.3, -0.25) is 0 Å². The van der Waals surface area contributed by atoms with E-state index >= 15 is 0 Å². The molecule has 0 fully saturated rings. The predicted octanol–water partition coefficient (Wildman–Crippen LogP) is 1.70. The second kappa shape index (κ2) is 3.16. The van der Waals surface area contributed by atoms with E-state index in [2.05, 4.69) is 0 Å². The molecule has 0 aliphatic rings. The Balaban J connectivity index is 2.90. The molecule has 0 saturated heterocycles. The van der Waals surface area contributed by atoms with Crippen molar-refractivity contribution in [3.05, 3.63) is 35.9 Å². The lowest BCUT2D eigenvalue weighted by Crippen LogP contribution is -2.07. The van der Waals surface area contributed by atoms with Crippen LogP contribution in [0.25, 0.3) is 10.8 Å². The van der Waals surface area contributed by atoms with Crippen LogP contribution in [0.5, 0.6) is 0 Å². The van der Waals surface area contributed by atoms with Crippen LogP contribution in [0.15, 0.2) is 30.3 Å². The van der Waals surface area contributed by atoms with Crippen LogP contribution in [0.3, 0.4) is 0 Å². The lowest BCUT2D eigenvalue weighted by Gasteiger charge is -2.08. The highest BCUT2D eigenvalue weighted by atomic mass is 16.4. The van der Waals surface area contributed by atoms with E-state index in [1.54, 1.807) is 18.2 Å². The molecular weight excluding hydrogens is 192 g/mol. The van der Waals surface area contributed by atoms with Gasteiger partial charge in [0.15, 0.2) is 0 Å². The molecule has 0 aliphatic heterocycles. The molecule has 0 aliphatic carbocycles. The number of carboxylic acids is 1. The summed E-state index contributed by atoms with van der Waals surface area (Å²) in [6, 6.07) is 8.89. The van der Waals surface area contributed by atoms with Crippen LogP contribution in [0.2, 0.25) is 0 Å². The minimum absolute atomic E-state index is 0.0197. The van der Waals surface area contributed by atoms with Crippen molar-refractivity contribution in [2.24, 2.45) is 0 Å². The van der Waals surface area contributed by atoms with Crippen molar-refractivity contribution < 1.29 is 9.90 Å². The maximum Gasteiger partial charge on any atom is 0.339 e. The fraction of sp³-hybridized carbons (Fsp3) is 0. The normalized spacial score (nSPS) is 10.4. The van der Waals surface area contributed by atoms with E-state index in [0.29, 0.717) is 5.39 Å². The molecule has 4 nitrogen and oxygen atoms in total. The number of rotatable bonds is 1. The molecule has 2 aromatic carbocycles. The molecular formula is C11H10N2O2. The van der Waals surface area contributed by atoms with Crippen molar-refractivity contribution in [2.45, 2.75) is 0 Å². The zero-order chi connectivity index (χ0) is 11.0. The van der Waals surface area contributed by atoms with E-state index in [9.17, 15) is 4.79 Å². The molecule has 76 valence electrons. The molecule has 15 heavy (non-hydrogen) atoms. The Kier molecular flexibility index (Phi) is 1.97. The lowest BCUT2D eigenvalue weighted by atomic mass is 10.0. The van der Waals surface area contributed by atoms with Gasteiger partial charge in [-0.1, -0.05) is 24.3 Å². The largest absolute Gasteiger partial charge is 0.478 e. The third-order valence-corrected chi connectivity index (χ3v) is 2.33. The molecule has 0 atom stereocenters. The fourth-order valence-electron chi connectivity index (χ4n) is 1.64. The van der Waals surface area contributed by atoms with Crippen molar-refractivity contribution in [1.82, 2.24) is 0 Å². The van der Waals surface area contributed by atoms with E-state index in [-0.39, 0.29) is 16.9 Å². The van der Waals surface area contributed by atoms with Crippen LogP contribution < -0.4 is 11.5 Å². The second-order valence-electron chi connectivity index (χ2n) is 3.28. The molecule has 0 unspecified atom stereocenters. The number of nitrogen functional groups attached to an aromatic ring is 2. The van der Waals surface area contributed by atoms with Crippen molar-refractivity contribution in [3.8, 4) is 0 Å². The van der Waals surface area contributed by atoms with E-state index in [0.717, 1.165) is 5.39 Å². The van der Waals surface area contributed by atoms with Gasteiger partial charge in [-0.05, 0) is 11.5 Å². The number of fused-ring (bicyclic) bond motifs is 1. The van der Waals surface area contributed by atoms with Gasteiger partial charge in [-0.25, -0.2) is 4.79 Å². The van der Waals surface area contributed by atoms with E-state index in [1.807, 2.05) is 12.1 Å². The Morgan fingerprint density at radius 1 is 1.20 bits per heavy atom. The quantitative estimate of drug-likeness (QED) is 0.614. The average molecular weight is 202 g/mol. The Morgan fingerprint density at radius 3 is 2.53 bits per heavy atom. The van der Waals surface area contributed by atoms with Gasteiger partial charge >= 0.3 is 5.97 Å². The Bertz CT molecular complexity index is 550. The number of nitrogens with two attached hydrogens (primary N) is 2. The SMILES string of the molecule is Nc1cc2ccccc2c(N)c1C(=O)O. The zero-order valence-electron chi connectivity index (χ0n) is 7.90. The van der Waals surface area contributed by atoms with Crippen LogP contribution in [0.4, 0.5) is 11.4 Å². The Labute approximate surface area is 86.1 Å².